The van der Waals surface area contributed by atoms with Crippen molar-refractivity contribution in [2.45, 2.75) is 91.6 Å². The zero-order valence-corrected chi connectivity index (χ0v) is 19.8. The van der Waals surface area contributed by atoms with Crippen molar-refractivity contribution in [2.24, 2.45) is 0 Å². The Labute approximate surface area is 180 Å². The first-order valence-electron chi connectivity index (χ1n) is 10.4. The van der Waals surface area contributed by atoms with Gasteiger partial charge in [-0.05, 0) is 69.2 Å². The summed E-state index contributed by atoms with van der Waals surface area (Å²) in [6, 6.07) is 0. The van der Waals surface area contributed by atoms with E-state index in [4.69, 9.17) is 28.1 Å². The molecule has 0 aromatic rings. The van der Waals surface area contributed by atoms with Crippen LogP contribution in [0.15, 0.2) is 10.9 Å². The van der Waals surface area contributed by atoms with Crippen molar-refractivity contribution in [1.82, 2.24) is 0 Å². The normalized spacial score (nSPS) is 24.5. The van der Waals surface area contributed by atoms with Gasteiger partial charge in [0, 0.05) is 0 Å². The first kappa shape index (κ1) is 24.9. The molecule has 0 aliphatic carbocycles. The fourth-order valence-electron chi connectivity index (χ4n) is 3.01. The van der Waals surface area contributed by atoms with Gasteiger partial charge in [0.25, 0.3) is 0 Å². The minimum absolute atomic E-state index is 0.104. The highest BCUT2D eigenvalue weighted by Crippen LogP contribution is 2.42. The van der Waals surface area contributed by atoms with Crippen LogP contribution in [0, 0.1) is 0 Å². The van der Waals surface area contributed by atoms with Gasteiger partial charge in [-0.15, -0.1) is 0 Å². The SMILES string of the molecule is CCOC(=O)/C(B1OC(C)(C)C(C)(C)O1)=C(\B1OC(C)(C)C(C)(C)O1)C(=O)OCC. The monoisotopic (exact) mass is 424 g/mol. The zero-order valence-electron chi connectivity index (χ0n) is 19.8. The lowest BCUT2D eigenvalue weighted by molar-refractivity contribution is -0.141. The van der Waals surface area contributed by atoms with Crippen molar-refractivity contribution >= 4 is 26.2 Å². The number of carbonyl (C=O) groups is 2. The minimum Gasteiger partial charge on any atom is -0.463 e. The van der Waals surface area contributed by atoms with E-state index in [0.717, 1.165) is 0 Å². The van der Waals surface area contributed by atoms with E-state index in [9.17, 15) is 9.59 Å². The van der Waals surface area contributed by atoms with Crippen molar-refractivity contribution in [3.05, 3.63) is 10.9 Å². The lowest BCUT2D eigenvalue weighted by Gasteiger charge is -2.32. The van der Waals surface area contributed by atoms with Gasteiger partial charge in [0.15, 0.2) is 0 Å². The number of esters is 2. The Balaban J connectivity index is 2.65. The Kier molecular flexibility index (Phi) is 6.89. The third-order valence-corrected chi connectivity index (χ3v) is 6.26. The summed E-state index contributed by atoms with van der Waals surface area (Å²) >= 11 is 0. The van der Waals surface area contributed by atoms with Gasteiger partial charge in [0.2, 0.25) is 0 Å². The molecule has 2 aliphatic heterocycles. The summed E-state index contributed by atoms with van der Waals surface area (Å²) in [5, 5.41) is 0. The number of hydrogen-bond donors (Lipinski definition) is 0. The average molecular weight is 424 g/mol. The Morgan fingerprint density at radius 3 is 1.03 bits per heavy atom. The van der Waals surface area contributed by atoms with Gasteiger partial charge in [-0.25, -0.2) is 9.59 Å². The molecule has 0 aromatic heterocycles. The molecular formula is C20H34B2O8. The summed E-state index contributed by atoms with van der Waals surface area (Å²) in [4.78, 5) is 26.0. The maximum atomic E-state index is 13.0. The molecule has 10 heteroatoms. The average Bonchev–Trinajstić information content (AvgIpc) is 2.91. The Morgan fingerprint density at radius 1 is 0.600 bits per heavy atom. The highest BCUT2D eigenvalue weighted by Gasteiger charge is 2.59. The molecule has 0 amide bonds. The molecule has 0 saturated carbocycles. The molecule has 0 spiro atoms. The van der Waals surface area contributed by atoms with Gasteiger partial charge in [0.05, 0.1) is 46.6 Å². The molecular weight excluding hydrogens is 390 g/mol. The minimum atomic E-state index is -1.15. The lowest BCUT2D eigenvalue weighted by Crippen LogP contribution is -2.41. The molecule has 0 atom stereocenters. The summed E-state index contributed by atoms with van der Waals surface area (Å²) in [6.45, 7) is 18.4. The van der Waals surface area contributed by atoms with E-state index in [1.807, 2.05) is 55.4 Å². The number of ether oxygens (including phenoxy) is 2. The molecule has 0 aromatic carbocycles. The molecule has 30 heavy (non-hydrogen) atoms. The van der Waals surface area contributed by atoms with E-state index in [1.165, 1.54) is 0 Å². The summed E-state index contributed by atoms with van der Waals surface area (Å²) in [5.41, 5.74) is -3.13. The van der Waals surface area contributed by atoms with Crippen molar-refractivity contribution in [1.29, 1.82) is 0 Å². The van der Waals surface area contributed by atoms with E-state index in [0.29, 0.717) is 0 Å². The molecule has 0 unspecified atom stereocenters. The fourth-order valence-corrected chi connectivity index (χ4v) is 3.01. The number of carbonyl (C=O) groups excluding carboxylic acids is 2. The van der Waals surface area contributed by atoms with E-state index < -0.39 is 48.6 Å². The van der Waals surface area contributed by atoms with Crippen LogP contribution in [0.5, 0.6) is 0 Å². The van der Waals surface area contributed by atoms with Gasteiger partial charge >= 0.3 is 26.2 Å². The quantitative estimate of drug-likeness (QED) is 0.366. The maximum absolute atomic E-state index is 13.0. The maximum Gasteiger partial charge on any atom is 0.502 e. The Bertz CT molecular complexity index is 634. The van der Waals surface area contributed by atoms with Crippen LogP contribution in [0.1, 0.15) is 69.2 Å². The van der Waals surface area contributed by atoms with E-state index in [-0.39, 0.29) is 24.2 Å². The summed E-state index contributed by atoms with van der Waals surface area (Å²) in [6.07, 6.45) is 0. The van der Waals surface area contributed by atoms with Crippen molar-refractivity contribution in [2.75, 3.05) is 13.2 Å². The van der Waals surface area contributed by atoms with Crippen LogP contribution in [0.3, 0.4) is 0 Å². The first-order chi connectivity index (χ1) is 13.6. The van der Waals surface area contributed by atoms with Crippen LogP contribution in [-0.2, 0) is 37.7 Å². The van der Waals surface area contributed by atoms with Crippen molar-refractivity contribution < 1.29 is 37.7 Å². The predicted octanol–water partition coefficient (Wildman–Crippen LogP) is 2.67. The van der Waals surface area contributed by atoms with Gasteiger partial charge in [0.1, 0.15) is 0 Å². The third kappa shape index (κ3) is 4.47. The van der Waals surface area contributed by atoms with Gasteiger partial charge in [-0.1, -0.05) is 0 Å². The van der Waals surface area contributed by atoms with Gasteiger partial charge < -0.3 is 28.1 Å². The second kappa shape index (κ2) is 8.30. The van der Waals surface area contributed by atoms with Gasteiger partial charge in [-0.3, -0.25) is 0 Å². The summed E-state index contributed by atoms with van der Waals surface area (Å²) in [7, 11) is -2.29. The lowest BCUT2D eigenvalue weighted by atomic mass is 9.64. The predicted molar refractivity (Wildman–Crippen MR) is 112 cm³/mol. The largest absolute Gasteiger partial charge is 0.502 e. The molecule has 0 N–H and O–H groups in total. The van der Waals surface area contributed by atoms with Crippen LogP contribution in [0.4, 0.5) is 0 Å². The molecule has 2 aliphatic rings. The van der Waals surface area contributed by atoms with E-state index in [1.54, 1.807) is 13.8 Å². The molecule has 8 nitrogen and oxygen atoms in total. The van der Waals surface area contributed by atoms with Crippen LogP contribution in [-0.4, -0.2) is 61.8 Å². The van der Waals surface area contributed by atoms with E-state index >= 15 is 0 Å². The van der Waals surface area contributed by atoms with Crippen LogP contribution >= 0.6 is 0 Å². The summed E-state index contributed by atoms with van der Waals surface area (Å²) in [5.74, 6) is -1.48. The molecule has 2 rings (SSSR count). The molecule has 2 saturated heterocycles. The van der Waals surface area contributed by atoms with Crippen molar-refractivity contribution in [3.8, 4) is 0 Å². The van der Waals surface area contributed by atoms with Crippen LogP contribution in [0.2, 0.25) is 0 Å². The molecule has 0 bridgehead atoms. The summed E-state index contributed by atoms with van der Waals surface area (Å²) < 4.78 is 34.8. The third-order valence-electron chi connectivity index (χ3n) is 6.26. The topological polar surface area (TPSA) is 89.5 Å². The van der Waals surface area contributed by atoms with Crippen molar-refractivity contribution in [3.63, 3.8) is 0 Å². The van der Waals surface area contributed by atoms with Crippen LogP contribution in [0.25, 0.3) is 0 Å². The first-order valence-corrected chi connectivity index (χ1v) is 10.4. The van der Waals surface area contributed by atoms with E-state index in [2.05, 4.69) is 0 Å². The highest BCUT2D eigenvalue weighted by molar-refractivity contribution is 6.71. The van der Waals surface area contributed by atoms with Gasteiger partial charge in [-0.2, -0.15) is 0 Å². The number of rotatable bonds is 6. The Morgan fingerprint density at radius 2 is 0.833 bits per heavy atom. The number of hydrogen-bond acceptors (Lipinski definition) is 8. The molecule has 2 fully saturated rings. The molecule has 0 radical (unpaired) electrons. The molecule has 168 valence electrons. The zero-order chi connectivity index (χ0) is 23.1. The van der Waals surface area contributed by atoms with Crippen LogP contribution < -0.4 is 0 Å². The highest BCUT2D eigenvalue weighted by atomic mass is 16.7. The second-order valence-corrected chi connectivity index (χ2v) is 9.44. The fraction of sp³-hybridized carbons (Fsp3) is 0.800. The Hall–Kier alpha value is -1.35. The standard InChI is InChI=1S/C20H34B2O8/c1-11-25-15(23)13(21-27-17(3,4)18(5,6)28-21)14(16(24)26-12-2)22-29-19(7,8)20(9,10)30-22/h11-12H2,1-10H3/b14-13+. The second-order valence-electron chi connectivity index (χ2n) is 9.44. The molecule has 2 heterocycles. The smallest absolute Gasteiger partial charge is 0.463 e.